The van der Waals surface area contributed by atoms with Crippen molar-refractivity contribution < 1.29 is 28.1 Å². The average molecular weight is 280 g/mol. The molecule has 1 aliphatic heterocycles. The van der Waals surface area contributed by atoms with Crippen LogP contribution in [0.5, 0.6) is 0 Å². The van der Waals surface area contributed by atoms with Crippen LogP contribution in [0, 0.1) is 0 Å². The maximum atomic E-state index is 5.60. The minimum atomic E-state index is -1.06. The Bertz CT molecular complexity index is 199. The van der Waals surface area contributed by atoms with E-state index in [1.807, 2.05) is 0 Å². The fourth-order valence-electron chi connectivity index (χ4n) is 1.41. The highest BCUT2D eigenvalue weighted by atomic mass is 28.2. The second kappa shape index (κ2) is 8.97. The first-order chi connectivity index (χ1) is 8.76. The zero-order valence-corrected chi connectivity index (χ0v) is 12.9. The third-order valence-electron chi connectivity index (χ3n) is 2.75. The molecule has 0 aromatic carbocycles. The largest absolute Gasteiger partial charge is 0.416 e. The lowest BCUT2D eigenvalue weighted by molar-refractivity contribution is -0.361. The maximum absolute atomic E-state index is 5.60. The minimum absolute atomic E-state index is 0.305. The summed E-state index contributed by atoms with van der Waals surface area (Å²) in [6.45, 7) is 2.66. The molecule has 0 N–H and O–H groups in total. The van der Waals surface area contributed by atoms with Gasteiger partial charge in [-0.25, -0.2) is 0 Å². The van der Waals surface area contributed by atoms with Crippen molar-refractivity contribution in [3.05, 3.63) is 0 Å². The third-order valence-corrected chi connectivity index (χ3v) is 4.03. The van der Waals surface area contributed by atoms with E-state index in [2.05, 4.69) is 0 Å². The van der Waals surface area contributed by atoms with Gasteiger partial charge in [0.15, 0.2) is 9.76 Å². The Hall–Kier alpha value is -0.0231. The smallest absolute Gasteiger partial charge is 0.305 e. The van der Waals surface area contributed by atoms with Gasteiger partial charge in [-0.05, 0) is 12.5 Å². The number of hydrogen-bond donors (Lipinski definition) is 0. The number of hydrogen-bond acceptors (Lipinski definition) is 6. The SMILES string of the molecule is COC(CO[SiH2]CCCOC[C@H]1CO1)(OC)OC. The molecule has 0 aromatic rings. The van der Waals surface area contributed by atoms with Crippen LogP contribution in [0.3, 0.4) is 0 Å². The van der Waals surface area contributed by atoms with E-state index in [0.29, 0.717) is 12.7 Å². The van der Waals surface area contributed by atoms with Crippen LogP contribution < -0.4 is 0 Å². The van der Waals surface area contributed by atoms with E-state index >= 15 is 0 Å². The molecule has 6 nitrogen and oxygen atoms in total. The summed E-state index contributed by atoms with van der Waals surface area (Å²) in [5.41, 5.74) is 0. The summed E-state index contributed by atoms with van der Waals surface area (Å²) in [6.07, 6.45) is 1.38. The van der Waals surface area contributed by atoms with E-state index < -0.39 is 15.7 Å². The van der Waals surface area contributed by atoms with Crippen LogP contribution >= 0.6 is 0 Å². The predicted octanol–water partition coefficient (Wildman–Crippen LogP) is -0.0964. The molecule has 1 heterocycles. The van der Waals surface area contributed by atoms with Crippen LogP contribution in [0.4, 0.5) is 0 Å². The second-order valence-corrected chi connectivity index (χ2v) is 5.61. The highest BCUT2D eigenvalue weighted by molar-refractivity contribution is 6.26. The lowest BCUT2D eigenvalue weighted by Crippen LogP contribution is -2.41. The molecule has 0 aliphatic carbocycles. The number of epoxide rings is 1. The van der Waals surface area contributed by atoms with Crippen LogP contribution in [0.1, 0.15) is 6.42 Å². The summed E-state index contributed by atoms with van der Waals surface area (Å²) in [5, 5.41) is 0. The summed E-state index contributed by atoms with van der Waals surface area (Å²) in [4.78, 5) is 0. The average Bonchev–Trinajstić information content (AvgIpc) is 3.22. The molecule has 0 unspecified atom stereocenters. The van der Waals surface area contributed by atoms with Gasteiger partial charge in [0, 0.05) is 27.9 Å². The Morgan fingerprint density at radius 3 is 2.44 bits per heavy atom. The lowest BCUT2D eigenvalue weighted by atomic mass is 10.5. The molecule has 0 bridgehead atoms. The molecule has 108 valence electrons. The Morgan fingerprint density at radius 2 is 1.89 bits per heavy atom. The van der Waals surface area contributed by atoms with Crippen molar-refractivity contribution in [2.45, 2.75) is 24.5 Å². The molecule has 0 spiro atoms. The summed E-state index contributed by atoms with van der Waals surface area (Å²) < 4.78 is 31.5. The highest BCUT2D eigenvalue weighted by Crippen LogP contribution is 2.12. The quantitative estimate of drug-likeness (QED) is 0.215. The topological polar surface area (TPSA) is 58.7 Å². The third kappa shape index (κ3) is 6.23. The summed E-state index contributed by atoms with van der Waals surface area (Å²) >= 11 is 0. The second-order valence-electron chi connectivity index (χ2n) is 4.09. The summed E-state index contributed by atoms with van der Waals surface area (Å²) in [6, 6.07) is 1.07. The lowest BCUT2D eigenvalue weighted by Gasteiger charge is -2.28. The van der Waals surface area contributed by atoms with Crippen molar-refractivity contribution in [3.8, 4) is 0 Å². The standard InChI is InChI=1S/C11H24O6Si/c1-12-11(13-2,14-3)9-17-18-6-4-5-15-7-10-8-16-10/h10H,4-9,18H2,1-3H3/t10-/m0/s1. The van der Waals surface area contributed by atoms with Crippen molar-refractivity contribution in [3.63, 3.8) is 0 Å². The van der Waals surface area contributed by atoms with Crippen molar-refractivity contribution in [2.75, 3.05) is 47.8 Å². The maximum Gasteiger partial charge on any atom is 0.305 e. The van der Waals surface area contributed by atoms with Crippen LogP contribution in [0.15, 0.2) is 0 Å². The minimum Gasteiger partial charge on any atom is -0.416 e. The van der Waals surface area contributed by atoms with Crippen LogP contribution in [-0.4, -0.2) is 69.6 Å². The molecule has 1 rings (SSSR count). The van der Waals surface area contributed by atoms with E-state index in [9.17, 15) is 0 Å². The van der Waals surface area contributed by atoms with Gasteiger partial charge in [0.1, 0.15) is 12.7 Å². The molecule has 18 heavy (non-hydrogen) atoms. The van der Waals surface area contributed by atoms with Crippen LogP contribution in [0.25, 0.3) is 0 Å². The summed E-state index contributed by atoms with van der Waals surface area (Å²) in [7, 11) is 4.02. The van der Waals surface area contributed by atoms with Crippen molar-refractivity contribution in [1.29, 1.82) is 0 Å². The van der Waals surface area contributed by atoms with Gasteiger partial charge in [-0.3, -0.25) is 0 Å². The first-order valence-corrected chi connectivity index (χ1v) is 7.76. The summed E-state index contributed by atoms with van der Waals surface area (Å²) in [5.74, 6) is -1.06. The molecule has 0 saturated carbocycles. The predicted molar refractivity (Wildman–Crippen MR) is 68.2 cm³/mol. The molecule has 0 aromatic heterocycles. The van der Waals surface area contributed by atoms with Gasteiger partial charge in [-0.15, -0.1) is 0 Å². The fourth-order valence-corrected chi connectivity index (χ4v) is 2.42. The van der Waals surface area contributed by atoms with Gasteiger partial charge in [-0.1, -0.05) is 0 Å². The zero-order valence-electron chi connectivity index (χ0n) is 11.5. The van der Waals surface area contributed by atoms with Crippen LogP contribution in [0.2, 0.25) is 6.04 Å². The van der Waals surface area contributed by atoms with Gasteiger partial charge in [-0.2, -0.15) is 0 Å². The normalized spacial score (nSPS) is 19.8. The van der Waals surface area contributed by atoms with Crippen LogP contribution in [-0.2, 0) is 28.1 Å². The molecule has 0 radical (unpaired) electrons. The molecule has 1 fully saturated rings. The Kier molecular flexibility index (Phi) is 7.99. The molecule has 0 amide bonds. The van der Waals surface area contributed by atoms with Gasteiger partial charge in [0.05, 0.1) is 13.2 Å². The fraction of sp³-hybridized carbons (Fsp3) is 1.00. The Labute approximate surface area is 111 Å². The Morgan fingerprint density at radius 1 is 1.22 bits per heavy atom. The van der Waals surface area contributed by atoms with E-state index in [0.717, 1.165) is 32.3 Å². The highest BCUT2D eigenvalue weighted by Gasteiger charge is 2.29. The van der Waals surface area contributed by atoms with E-state index in [1.165, 1.54) is 21.3 Å². The van der Waals surface area contributed by atoms with Gasteiger partial charge in [0.25, 0.3) is 0 Å². The molecule has 1 saturated heterocycles. The molecule has 1 atom stereocenters. The molecule has 1 aliphatic rings. The molecule has 7 heteroatoms. The zero-order chi connectivity index (χ0) is 13.3. The van der Waals surface area contributed by atoms with Crippen molar-refractivity contribution >= 4 is 9.76 Å². The number of ether oxygens (including phenoxy) is 5. The van der Waals surface area contributed by atoms with Crippen molar-refractivity contribution in [1.82, 2.24) is 0 Å². The molecular weight excluding hydrogens is 256 g/mol. The first kappa shape index (κ1) is 16.0. The van der Waals surface area contributed by atoms with E-state index in [1.54, 1.807) is 0 Å². The number of methoxy groups -OCH3 is 3. The Balaban J connectivity index is 1.89. The van der Waals surface area contributed by atoms with Crippen molar-refractivity contribution in [2.24, 2.45) is 0 Å². The van der Waals surface area contributed by atoms with Gasteiger partial charge < -0.3 is 28.1 Å². The van der Waals surface area contributed by atoms with Gasteiger partial charge >= 0.3 is 5.97 Å². The van der Waals surface area contributed by atoms with E-state index in [4.69, 9.17) is 28.1 Å². The molecular formula is C11H24O6Si. The monoisotopic (exact) mass is 280 g/mol. The van der Waals surface area contributed by atoms with E-state index in [-0.39, 0.29) is 0 Å². The first-order valence-electron chi connectivity index (χ1n) is 6.19. The number of rotatable bonds is 12. The van der Waals surface area contributed by atoms with Gasteiger partial charge in [0.2, 0.25) is 0 Å².